The molecule has 1 unspecified atom stereocenters. The molecule has 0 bridgehead atoms. The second-order valence-corrected chi connectivity index (χ2v) is 7.15. The summed E-state index contributed by atoms with van der Waals surface area (Å²) in [6.07, 6.45) is 2.07. The van der Waals surface area contributed by atoms with E-state index in [2.05, 4.69) is 41.4 Å². The van der Waals surface area contributed by atoms with Gasteiger partial charge in [-0.1, -0.05) is 97.9 Å². The summed E-state index contributed by atoms with van der Waals surface area (Å²) in [5.41, 5.74) is 2.26. The van der Waals surface area contributed by atoms with Gasteiger partial charge in [0.2, 0.25) is 0 Å². The van der Waals surface area contributed by atoms with Crippen molar-refractivity contribution in [2.24, 2.45) is 0 Å². The van der Waals surface area contributed by atoms with E-state index in [4.69, 9.17) is 5.10 Å². The highest BCUT2D eigenvalue weighted by molar-refractivity contribution is 5.74. The molecule has 150 valence electrons. The van der Waals surface area contributed by atoms with Crippen LogP contribution < -0.4 is 0 Å². The monoisotopic (exact) mass is 397 g/mol. The summed E-state index contributed by atoms with van der Waals surface area (Å²) in [5, 5.41) is 14.3. The number of rotatable bonds is 7. The molecule has 4 rings (SSSR count). The third kappa shape index (κ3) is 3.28. The Labute approximate surface area is 175 Å². The number of carboxylic acids is 1. The first-order valence-electron chi connectivity index (χ1n) is 9.99. The van der Waals surface area contributed by atoms with Crippen molar-refractivity contribution in [2.75, 3.05) is 0 Å². The summed E-state index contributed by atoms with van der Waals surface area (Å²) in [7, 11) is 0. The topological polar surface area (TPSA) is 68.0 Å². The Balaban J connectivity index is 2.04. The molecule has 4 aromatic rings. The second-order valence-electron chi connectivity index (χ2n) is 7.15. The van der Waals surface area contributed by atoms with Gasteiger partial charge in [-0.05, 0) is 23.1 Å². The van der Waals surface area contributed by atoms with Crippen LogP contribution in [0.5, 0.6) is 0 Å². The van der Waals surface area contributed by atoms with Gasteiger partial charge < -0.3 is 5.11 Å². The van der Waals surface area contributed by atoms with E-state index in [1.807, 2.05) is 61.5 Å². The van der Waals surface area contributed by atoms with Crippen molar-refractivity contribution >= 4 is 5.97 Å². The Kier molecular flexibility index (Phi) is 5.44. The van der Waals surface area contributed by atoms with Gasteiger partial charge in [0.1, 0.15) is 17.8 Å². The molecule has 1 N–H and O–H groups in total. The highest BCUT2D eigenvalue weighted by Crippen LogP contribution is 2.40. The zero-order valence-corrected chi connectivity index (χ0v) is 16.7. The lowest BCUT2D eigenvalue weighted by Crippen LogP contribution is -2.38. The first-order chi connectivity index (χ1) is 14.7. The van der Waals surface area contributed by atoms with E-state index in [1.165, 1.54) is 0 Å². The largest absolute Gasteiger partial charge is 0.481 e. The Hall–Kier alpha value is -3.73. The minimum absolute atomic E-state index is 0.317. The van der Waals surface area contributed by atoms with E-state index in [9.17, 15) is 9.90 Å². The Morgan fingerprint density at radius 3 is 1.67 bits per heavy atom. The fourth-order valence-electron chi connectivity index (χ4n) is 4.00. The molecule has 1 aromatic heterocycles. The molecule has 5 nitrogen and oxygen atoms in total. The quantitative estimate of drug-likeness (QED) is 0.459. The van der Waals surface area contributed by atoms with Gasteiger partial charge >= 0.3 is 5.97 Å². The highest BCUT2D eigenvalue weighted by Gasteiger charge is 2.40. The third-order valence-electron chi connectivity index (χ3n) is 5.45. The predicted octanol–water partition coefficient (Wildman–Crippen LogP) is 4.70. The minimum Gasteiger partial charge on any atom is -0.481 e. The molecule has 3 aromatic carbocycles. The van der Waals surface area contributed by atoms with Crippen LogP contribution in [0, 0.1) is 0 Å². The van der Waals surface area contributed by atoms with E-state index in [0.717, 1.165) is 16.7 Å². The first kappa shape index (κ1) is 19.6. The predicted molar refractivity (Wildman–Crippen MR) is 115 cm³/mol. The number of hydrogen-bond donors (Lipinski definition) is 1. The molecule has 0 aliphatic rings. The first-order valence-corrected chi connectivity index (χ1v) is 9.99. The van der Waals surface area contributed by atoms with Gasteiger partial charge in [0.15, 0.2) is 5.82 Å². The molecule has 1 atom stereocenters. The molecule has 0 fully saturated rings. The highest BCUT2D eigenvalue weighted by atomic mass is 16.4. The van der Waals surface area contributed by atoms with Crippen LogP contribution in [-0.2, 0) is 10.3 Å². The Bertz CT molecular complexity index is 1010. The van der Waals surface area contributed by atoms with Crippen molar-refractivity contribution < 1.29 is 9.90 Å². The van der Waals surface area contributed by atoms with Crippen molar-refractivity contribution in [2.45, 2.75) is 24.8 Å². The lowest BCUT2D eigenvalue weighted by Gasteiger charge is -2.35. The standard InChI is InChI=1S/C25H23N3O2/c1-2-22(24(29)30)23-26-18-28(27-23)25(19-12-6-3-7-13-19,20-14-8-4-9-15-20)21-16-10-5-11-17-21/h3-18,22H,2H2,1H3,(H,29,30). The van der Waals surface area contributed by atoms with Crippen LogP contribution in [0.25, 0.3) is 0 Å². The number of hydrogen-bond acceptors (Lipinski definition) is 3. The molecule has 5 heteroatoms. The minimum atomic E-state index is -0.917. The van der Waals surface area contributed by atoms with Crippen LogP contribution in [0.4, 0.5) is 0 Å². The molecule has 0 saturated heterocycles. The molecule has 0 radical (unpaired) electrons. The van der Waals surface area contributed by atoms with Crippen LogP contribution in [0.3, 0.4) is 0 Å². The van der Waals surface area contributed by atoms with Crippen molar-refractivity contribution in [3.05, 3.63) is 120 Å². The van der Waals surface area contributed by atoms with Gasteiger partial charge in [0, 0.05) is 0 Å². The van der Waals surface area contributed by atoms with Crippen LogP contribution >= 0.6 is 0 Å². The van der Waals surface area contributed by atoms with Gasteiger partial charge in [0.25, 0.3) is 0 Å². The molecular weight excluding hydrogens is 374 g/mol. The number of aliphatic carboxylic acids is 1. The average molecular weight is 397 g/mol. The Morgan fingerprint density at radius 2 is 1.30 bits per heavy atom. The molecule has 1 heterocycles. The van der Waals surface area contributed by atoms with Crippen LogP contribution in [0.15, 0.2) is 97.3 Å². The zero-order valence-electron chi connectivity index (χ0n) is 16.7. The maximum absolute atomic E-state index is 11.7. The van der Waals surface area contributed by atoms with Crippen molar-refractivity contribution in [1.29, 1.82) is 0 Å². The summed E-state index contributed by atoms with van der Waals surface area (Å²) in [5.74, 6) is -1.34. The summed E-state index contributed by atoms with van der Waals surface area (Å²) in [6.45, 7) is 1.83. The molecule has 0 saturated carbocycles. The number of nitrogens with zero attached hydrogens (tertiary/aromatic N) is 3. The maximum atomic E-state index is 11.7. The normalized spacial score (nSPS) is 12.4. The molecule has 0 spiro atoms. The molecule has 0 amide bonds. The van der Waals surface area contributed by atoms with Crippen molar-refractivity contribution in [3.8, 4) is 0 Å². The lowest BCUT2D eigenvalue weighted by atomic mass is 9.77. The summed E-state index contributed by atoms with van der Waals surface area (Å²) >= 11 is 0. The number of benzene rings is 3. The van der Waals surface area contributed by atoms with Gasteiger partial charge in [-0.15, -0.1) is 0 Å². The molecule has 30 heavy (non-hydrogen) atoms. The van der Waals surface area contributed by atoms with Crippen LogP contribution in [-0.4, -0.2) is 25.8 Å². The average Bonchev–Trinajstić information content (AvgIpc) is 3.27. The molecule has 0 aliphatic carbocycles. The van der Waals surface area contributed by atoms with Crippen molar-refractivity contribution in [1.82, 2.24) is 14.8 Å². The van der Waals surface area contributed by atoms with Gasteiger partial charge in [-0.25, -0.2) is 9.67 Å². The van der Waals surface area contributed by atoms with E-state index in [-0.39, 0.29) is 0 Å². The van der Waals surface area contributed by atoms with Gasteiger partial charge in [-0.2, -0.15) is 5.10 Å². The summed E-state index contributed by atoms with van der Waals surface area (Å²) in [4.78, 5) is 16.1. The molecule has 0 aliphatic heterocycles. The van der Waals surface area contributed by atoms with Crippen molar-refractivity contribution in [3.63, 3.8) is 0 Å². The fraction of sp³-hybridized carbons (Fsp3) is 0.160. The smallest absolute Gasteiger partial charge is 0.314 e. The number of carboxylic acid groups (broad SMARTS) is 1. The third-order valence-corrected chi connectivity index (χ3v) is 5.45. The maximum Gasteiger partial charge on any atom is 0.314 e. The van der Waals surface area contributed by atoms with E-state index in [0.29, 0.717) is 12.2 Å². The Morgan fingerprint density at radius 1 is 0.867 bits per heavy atom. The van der Waals surface area contributed by atoms with Crippen LogP contribution in [0.1, 0.15) is 41.8 Å². The summed E-state index contributed by atoms with van der Waals surface area (Å²) in [6, 6.07) is 30.3. The number of carbonyl (C=O) groups is 1. The van der Waals surface area contributed by atoms with Gasteiger partial charge in [0.05, 0.1) is 0 Å². The van der Waals surface area contributed by atoms with Gasteiger partial charge in [-0.3, -0.25) is 4.79 Å². The number of aromatic nitrogens is 3. The van der Waals surface area contributed by atoms with Crippen LogP contribution in [0.2, 0.25) is 0 Å². The lowest BCUT2D eigenvalue weighted by molar-refractivity contribution is -0.139. The fourth-order valence-corrected chi connectivity index (χ4v) is 4.00. The van der Waals surface area contributed by atoms with E-state index in [1.54, 1.807) is 11.0 Å². The summed E-state index contributed by atoms with van der Waals surface area (Å²) < 4.78 is 1.80. The van der Waals surface area contributed by atoms with E-state index < -0.39 is 17.4 Å². The second kappa shape index (κ2) is 8.33. The van der Waals surface area contributed by atoms with E-state index >= 15 is 0 Å². The SMILES string of the molecule is CCC(C(=O)O)c1ncn(C(c2ccccc2)(c2ccccc2)c2ccccc2)n1. The zero-order chi connectivity index (χ0) is 21.0. The molecular formula is C25H23N3O2.